The molecule has 9 nitrogen and oxygen atoms in total. The zero-order chi connectivity index (χ0) is 84.6. The Hall–Kier alpha value is -14.5. The van der Waals surface area contributed by atoms with Crippen molar-refractivity contribution in [3.63, 3.8) is 0 Å². The third kappa shape index (κ3) is 14.9. The molecule has 0 unspecified atom stereocenters. The van der Waals surface area contributed by atoms with Crippen LogP contribution in [0.4, 0.5) is 0 Å². The number of nitrogens with zero attached hydrogens (tertiary/aromatic N) is 9. The summed E-state index contributed by atoms with van der Waals surface area (Å²) in [4.78, 5) is 42.9. The fraction of sp³-hybridized carbons (Fsp3) is 0. The van der Waals surface area contributed by atoms with E-state index in [0.29, 0.717) is 30.1 Å². The molecule has 9 aromatic heterocycles. The Balaban J connectivity index is 0.000000112. The van der Waals surface area contributed by atoms with Crippen LogP contribution in [0.25, 0.3) is 231 Å². The smallest absolute Gasteiger partial charge is 0.0723 e. The molecule has 9 heterocycles. The molecule has 24 rings (SSSR count). The first kappa shape index (κ1) is 77.6. The van der Waals surface area contributed by atoms with Gasteiger partial charge in [0, 0.05) is 103 Å². The number of pyridine rings is 9. The number of aromatic nitrogens is 9. The normalized spacial score (nSPS) is 11.6. The van der Waals surface area contributed by atoms with Gasteiger partial charge in [0.1, 0.15) is 0 Å². The first-order chi connectivity index (χ1) is 61.8. The molecule has 0 aliphatic carbocycles. The summed E-state index contributed by atoms with van der Waals surface area (Å²) in [6.45, 7) is 0. The summed E-state index contributed by atoms with van der Waals surface area (Å²) in [7, 11) is 0. The summed E-state index contributed by atoms with van der Waals surface area (Å²) >= 11 is 38.7. The van der Waals surface area contributed by atoms with Gasteiger partial charge in [-0.15, -0.1) is 0 Å². The maximum absolute atomic E-state index is 6.46. The first-order valence-electron chi connectivity index (χ1n) is 40.9. The van der Waals surface area contributed by atoms with E-state index in [1.165, 1.54) is 70.2 Å². The molecule has 15 aromatic carbocycles. The third-order valence-electron chi connectivity index (χ3n) is 23.5. The maximum Gasteiger partial charge on any atom is 0.0723 e. The second-order valence-electron chi connectivity index (χ2n) is 31.2. The highest BCUT2D eigenvalue weighted by molar-refractivity contribution is 6.38. The molecule has 0 amide bonds. The Morgan fingerprint density at radius 3 is 0.770 bits per heavy atom. The van der Waals surface area contributed by atoms with E-state index < -0.39 is 0 Å². The van der Waals surface area contributed by atoms with Gasteiger partial charge in [0.25, 0.3) is 0 Å². The highest BCUT2D eigenvalue weighted by Crippen LogP contribution is 2.44. The SMILES string of the molecule is Clc1ccnc2cc(-c3cc(-c4c5ccccc5cc5ccccc45)cc(-c4ccc5c(Cl)ccnc5c4)n3)ccc12.Clc1ccnc2cc(-c3cc(-c4ccc5cc6ccccc6cc5c4)cc(-c4ccc5c(Cl)ccnc5c4)n3)ccc12.Clc1ccnc2cc(-c3cc(-c4cccc5cc6ccccc6cc45)cc(-c4ccc5c(Cl)ccnc5c4)n3)ccc12. The van der Waals surface area contributed by atoms with Crippen molar-refractivity contribution in [3.8, 4) is 101 Å². The minimum absolute atomic E-state index is 0.679. The quantitative estimate of drug-likeness (QED) is 0.130. The van der Waals surface area contributed by atoms with Crippen molar-refractivity contribution in [1.82, 2.24) is 44.9 Å². The van der Waals surface area contributed by atoms with Crippen LogP contribution < -0.4 is 0 Å². The zero-order valence-corrected chi connectivity index (χ0v) is 71.2. The molecule has 0 saturated carbocycles. The van der Waals surface area contributed by atoms with Crippen molar-refractivity contribution in [2.75, 3.05) is 0 Å². The molecule has 0 atom stereocenters. The molecule has 15 heteroatoms. The lowest BCUT2D eigenvalue weighted by molar-refractivity contribution is 1.32. The Kier molecular flexibility index (Phi) is 20.1. The molecule has 0 saturated heterocycles. The van der Waals surface area contributed by atoms with Crippen molar-refractivity contribution < 1.29 is 0 Å². The van der Waals surface area contributed by atoms with E-state index in [1.54, 1.807) is 37.2 Å². The van der Waals surface area contributed by atoms with Crippen LogP contribution in [0.2, 0.25) is 30.1 Å². The molecular weight excluding hydrogens is 1670 g/mol. The molecule has 0 radical (unpaired) electrons. The van der Waals surface area contributed by atoms with Gasteiger partial charge in [0.2, 0.25) is 0 Å². The van der Waals surface area contributed by atoms with E-state index >= 15 is 0 Å². The zero-order valence-electron chi connectivity index (χ0n) is 66.7. The Morgan fingerprint density at radius 2 is 0.413 bits per heavy atom. The van der Waals surface area contributed by atoms with Crippen molar-refractivity contribution in [2.45, 2.75) is 0 Å². The number of rotatable bonds is 9. The monoisotopic (exact) mass is 1730 g/mol. The van der Waals surface area contributed by atoms with Gasteiger partial charge in [0.05, 0.1) is 97.4 Å². The first-order valence-corrected chi connectivity index (χ1v) is 43.2. The second-order valence-corrected chi connectivity index (χ2v) is 33.7. The minimum Gasteiger partial charge on any atom is -0.256 e. The summed E-state index contributed by atoms with van der Waals surface area (Å²) in [5.41, 5.74) is 22.5. The summed E-state index contributed by atoms with van der Waals surface area (Å²) in [5.74, 6) is 0. The van der Waals surface area contributed by atoms with Gasteiger partial charge in [-0.1, -0.05) is 270 Å². The van der Waals surface area contributed by atoms with Crippen LogP contribution in [-0.4, -0.2) is 44.9 Å². The fourth-order valence-corrected chi connectivity index (χ4v) is 18.5. The third-order valence-corrected chi connectivity index (χ3v) is 25.5. The Bertz CT molecular complexity index is 8220. The predicted molar refractivity (Wildman–Crippen MR) is 529 cm³/mol. The fourth-order valence-electron chi connectivity index (χ4n) is 17.2. The largest absolute Gasteiger partial charge is 0.256 e. The number of hydrogen-bond donors (Lipinski definition) is 0. The van der Waals surface area contributed by atoms with Crippen LogP contribution in [0.15, 0.2) is 383 Å². The topological polar surface area (TPSA) is 116 Å². The maximum atomic E-state index is 6.46. The number of benzene rings is 15. The standard InChI is InChI=1S/3C37H21Cl2N3/c38-31-13-15-40-35-18-24(9-11-29(31)35)33-20-26(21-34(42-33)25-10-12-30-32(39)14-16-41-36(30)19-25)37-27-7-3-1-5-22(27)17-23-6-2-4-8-28(23)37;38-32-12-14-40-36-18-25(8-10-29(32)36)34-20-27(21-35(42-34)26-9-11-30-33(39)13-15-41-37(30)19-26)28-7-3-6-24-16-22-4-1-2-5-23(22)17-31(24)28;38-32-11-13-40-36-18-26(7-9-30(32)36)34-20-29(21-35(42-34)27-8-10-31-33(39)12-14-41-37(31)19-27)25-6-5-24-15-22-3-1-2-4-23(22)16-28(24)17-25/h3*1-21H. The molecule has 0 aliphatic rings. The molecule has 24 aromatic rings. The van der Waals surface area contributed by atoms with E-state index in [9.17, 15) is 0 Å². The van der Waals surface area contributed by atoms with Gasteiger partial charge in [-0.05, 0) is 244 Å². The van der Waals surface area contributed by atoms with Crippen molar-refractivity contribution in [2.24, 2.45) is 0 Å². The van der Waals surface area contributed by atoms with Crippen LogP contribution in [0, 0.1) is 0 Å². The average molecular weight is 1740 g/mol. The molecule has 0 aliphatic heterocycles. The number of halogens is 6. The Labute approximate surface area is 752 Å². The lowest BCUT2D eigenvalue weighted by Crippen LogP contribution is -1.94. The van der Waals surface area contributed by atoms with Crippen LogP contribution in [-0.2, 0) is 0 Å². The van der Waals surface area contributed by atoms with Gasteiger partial charge in [-0.2, -0.15) is 0 Å². The summed E-state index contributed by atoms with van der Waals surface area (Å²) in [6, 6.07) is 119. The summed E-state index contributed by atoms with van der Waals surface area (Å²) in [6.07, 6.45) is 10.4. The molecule has 0 spiro atoms. The van der Waals surface area contributed by atoms with E-state index in [2.05, 4.69) is 291 Å². The van der Waals surface area contributed by atoms with Gasteiger partial charge < -0.3 is 0 Å². The predicted octanol–water partition coefficient (Wildman–Crippen LogP) is 32.4. The second kappa shape index (κ2) is 32.6. The van der Waals surface area contributed by atoms with Crippen molar-refractivity contribution in [1.29, 1.82) is 0 Å². The van der Waals surface area contributed by atoms with Gasteiger partial charge in [-0.3, -0.25) is 29.9 Å². The number of hydrogen-bond acceptors (Lipinski definition) is 9. The van der Waals surface area contributed by atoms with Crippen molar-refractivity contribution in [3.05, 3.63) is 413 Å². The summed E-state index contributed by atoms with van der Waals surface area (Å²) < 4.78 is 0. The van der Waals surface area contributed by atoms with Crippen LogP contribution in [0.1, 0.15) is 0 Å². The highest BCUT2D eigenvalue weighted by Gasteiger charge is 2.21. The highest BCUT2D eigenvalue weighted by atomic mass is 35.5. The van der Waals surface area contributed by atoms with E-state index in [0.717, 1.165) is 161 Å². The lowest BCUT2D eigenvalue weighted by atomic mass is 9.90. The molecule has 126 heavy (non-hydrogen) atoms. The minimum atomic E-state index is 0.679. The van der Waals surface area contributed by atoms with E-state index in [1.807, 2.05) is 84.9 Å². The van der Waals surface area contributed by atoms with Gasteiger partial charge >= 0.3 is 0 Å². The van der Waals surface area contributed by atoms with Crippen molar-refractivity contribution >= 4 is 200 Å². The summed E-state index contributed by atoms with van der Waals surface area (Å²) in [5, 5.41) is 24.0. The number of fused-ring (bicyclic) bond motifs is 12. The van der Waals surface area contributed by atoms with Crippen LogP contribution >= 0.6 is 69.6 Å². The van der Waals surface area contributed by atoms with E-state index in [-0.39, 0.29) is 0 Å². The van der Waals surface area contributed by atoms with Crippen LogP contribution in [0.5, 0.6) is 0 Å². The lowest BCUT2D eigenvalue weighted by Gasteiger charge is -2.15. The molecule has 594 valence electrons. The molecule has 0 fully saturated rings. The van der Waals surface area contributed by atoms with Crippen LogP contribution in [0.3, 0.4) is 0 Å². The Morgan fingerprint density at radius 1 is 0.151 bits per heavy atom. The molecular formula is C111H63Cl6N9. The van der Waals surface area contributed by atoms with Gasteiger partial charge in [0.15, 0.2) is 0 Å². The molecule has 0 N–H and O–H groups in total. The van der Waals surface area contributed by atoms with Gasteiger partial charge in [-0.25, -0.2) is 15.0 Å². The average Bonchev–Trinajstić information content (AvgIpc) is 0.755. The van der Waals surface area contributed by atoms with E-state index in [4.69, 9.17) is 84.6 Å². The molecule has 0 bridgehead atoms.